The molecule has 22 heteroatoms. The maximum Gasteiger partial charge on any atom is 0.425 e. The van der Waals surface area contributed by atoms with Crippen LogP contribution in [0.3, 0.4) is 0 Å². The van der Waals surface area contributed by atoms with Gasteiger partial charge in [-0.2, -0.15) is 0 Å². The molecule has 0 saturated heterocycles. The molecule has 0 atom stereocenters. The van der Waals surface area contributed by atoms with Crippen LogP contribution < -0.4 is 92.1 Å². The summed E-state index contributed by atoms with van der Waals surface area (Å²) in [6, 6.07) is 30.3. The van der Waals surface area contributed by atoms with Crippen LogP contribution in [0.15, 0.2) is 87.8 Å². The van der Waals surface area contributed by atoms with Gasteiger partial charge >= 0.3 is 21.2 Å². The number of nitrogens with zero attached hydrogens (tertiary/aromatic N) is 8. The Morgan fingerprint density at radius 3 is 1.25 bits per heavy atom. The molecule has 6 aromatic carbocycles. The van der Waals surface area contributed by atoms with Gasteiger partial charge in [0.1, 0.15) is 63.5 Å². The summed E-state index contributed by atoms with van der Waals surface area (Å²) in [5, 5.41) is 21.3. The van der Waals surface area contributed by atoms with Crippen molar-refractivity contribution in [2.24, 2.45) is 15.0 Å². The van der Waals surface area contributed by atoms with E-state index in [0.29, 0.717) is 35.2 Å². The molecule has 0 fully saturated rings. The van der Waals surface area contributed by atoms with Crippen LogP contribution in [0.25, 0.3) is 0 Å². The Bertz CT molecular complexity index is 5090. The van der Waals surface area contributed by atoms with Gasteiger partial charge < -0.3 is 19.9 Å². The molecule has 0 unspecified atom stereocenters. The van der Waals surface area contributed by atoms with E-state index in [1.54, 1.807) is 25.9 Å². The van der Waals surface area contributed by atoms with Gasteiger partial charge in [0.15, 0.2) is 0 Å². The zero-order chi connectivity index (χ0) is 81.6. The van der Waals surface area contributed by atoms with Crippen molar-refractivity contribution < 1.29 is 34.8 Å². The van der Waals surface area contributed by atoms with Crippen molar-refractivity contribution in [2.45, 2.75) is 279 Å². The van der Waals surface area contributed by atoms with Gasteiger partial charge in [-0.1, -0.05) is 135 Å². The minimum Gasteiger partial charge on any atom is -0.468 e. The summed E-state index contributed by atoms with van der Waals surface area (Å²) in [6.45, 7) is 48.1. The zero-order valence-corrected chi connectivity index (χ0v) is 76.3. The summed E-state index contributed by atoms with van der Waals surface area (Å²) >= 11 is 0. The van der Waals surface area contributed by atoms with Gasteiger partial charge in [-0.3, -0.25) is 4.79 Å². The third-order valence-electron chi connectivity index (χ3n) is 26.5. The molecule has 114 heavy (non-hydrogen) atoms. The summed E-state index contributed by atoms with van der Waals surface area (Å²) in [5.41, 5.74) is 19.6. The van der Waals surface area contributed by atoms with Crippen LogP contribution in [0.1, 0.15) is 238 Å². The number of aryl methyl sites for hydroxylation is 6. The third kappa shape index (κ3) is 19.0. The van der Waals surface area contributed by atoms with Crippen molar-refractivity contribution in [1.29, 1.82) is 0 Å². The fourth-order valence-electron chi connectivity index (χ4n) is 21.4. The molecular formula is C92H134N9O8S2Si3+3. The Hall–Kier alpha value is -7.12. The maximum absolute atomic E-state index is 10.4. The lowest BCUT2D eigenvalue weighted by molar-refractivity contribution is -0.128. The minimum absolute atomic E-state index is 0.532. The summed E-state index contributed by atoms with van der Waals surface area (Å²) in [5.74, 6) is 0. The predicted octanol–water partition coefficient (Wildman–Crippen LogP) is 10.9. The lowest BCUT2D eigenvalue weighted by atomic mass is 10.00. The number of hydrogen-bond donors (Lipinski definition) is 1. The zero-order valence-electron chi connectivity index (χ0n) is 71.6. The number of carbonyl (C=O) groups excluding carboxylic acids is 1. The molecule has 0 aromatic heterocycles. The van der Waals surface area contributed by atoms with Crippen LogP contribution in [0.4, 0.5) is 34.1 Å². The van der Waals surface area contributed by atoms with Gasteiger partial charge in [-0.25, -0.2) is 28.7 Å². The van der Waals surface area contributed by atoms with Crippen molar-refractivity contribution in [3.8, 4) is 0 Å². The number of nitrogens with one attached hydrogen (secondary N) is 1. The van der Waals surface area contributed by atoms with E-state index >= 15 is 0 Å². The number of anilines is 3. The molecular weight excluding hydrogens is 1510 g/mol. The summed E-state index contributed by atoms with van der Waals surface area (Å²) < 4.78 is 63.4. The average Bonchev–Trinajstić information content (AvgIpc) is 0.717. The van der Waals surface area contributed by atoms with E-state index in [-0.39, 0.29) is 0 Å². The largest absolute Gasteiger partial charge is 0.468 e. The standard InChI is InChI=1S/C33H50N3Si.C30H41N3O2Si.C29H42N3Si.2O3S/c1-7-9-10-11-17-36-19-13-15-27-21-29-33(23-31(27)36)37(24(3)4,25(5)6)32-22-30-26(20-28(32)34-29)14-12-18-35(30)16-8-2;1-21(2)36(22(3)4)29-18-25-23(10-8-12-31-25)16-26(29)32-27-17-24-11-9-14-33(28(24)19-30(27)36)13-6-5-7-15-35-20-34;1-5-7-8-9-15-32-17-11-13-23-19-25-29(21-27(23)32)33(3,4)28-20-26-22(18-24(28)30-25)12-10-16-31(26)14-6-2;2*1-4(2)3/h20-25H,7-19H2,1-6H3;16-22H,5-15H2,1-4H3;18-21H,5-17H2,1-4H3;;/q+1;;+1;;/p+1. The highest BCUT2D eigenvalue weighted by molar-refractivity contribution is 7.59. The SMILES string of the molecule is CC(C)[Si]1(C(C)C)c2cc3c(cc2N=c2cc4c(cc21)=[N+](CCCCCOC=O)CCC4)CCCN3.CCCCCCN1CCCc2cc3c(cc21)[Si](C(C)C)(C(C)C)c1cc2c(cc1=N3)CCC[N+]=2CCC.CCCCCCN1CCCc2cc3c(cc21)[Si](C)(C)c1cc2c(cc1=N3)CCC[N+]=2CCC.O=S(=O)=O.O=S(=O)=O. The van der Waals surface area contributed by atoms with Gasteiger partial charge in [-0.15, -0.1) is 25.3 Å². The van der Waals surface area contributed by atoms with Crippen LogP contribution >= 0.6 is 0 Å². The first-order valence-corrected chi connectivity index (χ1v) is 53.4. The van der Waals surface area contributed by atoms with E-state index in [1.807, 2.05) is 0 Å². The number of benzene rings is 6. The van der Waals surface area contributed by atoms with Gasteiger partial charge in [-0.05, 0) is 208 Å². The first-order valence-electron chi connectivity index (χ1n) is 44.1. The number of unbranched alkanes of at least 4 members (excludes halogenated alkanes) is 8. The molecule has 0 saturated carbocycles. The van der Waals surface area contributed by atoms with E-state index in [9.17, 15) is 4.79 Å². The maximum atomic E-state index is 10.4. The Labute approximate surface area is 686 Å². The second kappa shape index (κ2) is 39.9. The van der Waals surface area contributed by atoms with Crippen molar-refractivity contribution in [1.82, 2.24) is 13.7 Å². The number of carbonyl (C=O) groups is 1. The number of rotatable bonds is 25. The topological polar surface area (TPSA) is 193 Å². The number of hydrogen-bond acceptors (Lipinski definition) is 14. The Balaban J connectivity index is 0.000000161. The lowest BCUT2D eigenvalue weighted by Crippen LogP contribution is -2.69. The molecule has 15 rings (SSSR count). The van der Waals surface area contributed by atoms with E-state index in [2.05, 4.69) is 198 Å². The molecule has 6 aromatic rings. The summed E-state index contributed by atoms with van der Waals surface area (Å²) in [7, 11) is -12.2. The van der Waals surface area contributed by atoms with Gasteiger partial charge in [0.25, 0.3) is 6.47 Å². The molecule has 616 valence electrons. The Kier molecular flexibility index (Phi) is 30.7. The quantitative estimate of drug-likeness (QED) is 0.0248. The smallest absolute Gasteiger partial charge is 0.425 e. The van der Waals surface area contributed by atoms with Crippen molar-refractivity contribution in [3.63, 3.8) is 0 Å². The first-order chi connectivity index (χ1) is 54.9. The number of ether oxygens (including phenoxy) is 1. The molecule has 17 nitrogen and oxygen atoms in total. The third-order valence-corrected chi connectivity index (χ3v) is 42.5. The van der Waals surface area contributed by atoms with Crippen LogP contribution in [0.2, 0.25) is 35.3 Å². The molecule has 0 amide bonds. The first kappa shape index (κ1) is 87.7. The molecule has 9 heterocycles. The molecule has 9 aliphatic heterocycles. The highest BCUT2D eigenvalue weighted by Crippen LogP contribution is 2.41. The fraction of sp³-hybridized carbons (Fsp3) is 0.598. The van der Waals surface area contributed by atoms with Gasteiger partial charge in [0, 0.05) is 123 Å². The molecule has 0 radical (unpaired) electrons. The molecule has 0 aliphatic carbocycles. The second-order valence-corrected chi connectivity index (χ2v) is 50.8. The highest BCUT2D eigenvalue weighted by atomic mass is 32.2. The van der Waals surface area contributed by atoms with Crippen molar-refractivity contribution in [3.05, 3.63) is 138 Å². The lowest BCUT2D eigenvalue weighted by Gasteiger charge is -2.44. The van der Waals surface area contributed by atoms with Crippen molar-refractivity contribution >= 4 is 117 Å². The van der Waals surface area contributed by atoms with E-state index in [4.69, 9.17) is 45.0 Å². The minimum atomic E-state index is -3.11. The monoisotopic (exact) mass is 1640 g/mol. The predicted molar refractivity (Wildman–Crippen MR) is 477 cm³/mol. The van der Waals surface area contributed by atoms with Gasteiger partial charge in [0.2, 0.25) is 16.1 Å². The van der Waals surface area contributed by atoms with Gasteiger partial charge in [0.05, 0.1) is 39.7 Å². The summed E-state index contributed by atoms with van der Waals surface area (Å²) in [6.07, 6.45) is 30.8. The average molecular weight is 1640 g/mol. The van der Waals surface area contributed by atoms with E-state index < -0.39 is 45.4 Å². The van der Waals surface area contributed by atoms with Crippen LogP contribution in [-0.2, 0) is 69.3 Å². The van der Waals surface area contributed by atoms with Crippen molar-refractivity contribution in [2.75, 3.05) is 93.7 Å². The number of fused-ring (bicyclic) bond motifs is 12. The van der Waals surface area contributed by atoms with E-state index in [1.165, 1.54) is 279 Å². The van der Waals surface area contributed by atoms with Crippen LogP contribution in [0.5, 0.6) is 0 Å². The molecule has 9 aliphatic rings. The Morgan fingerprint density at radius 2 is 0.807 bits per heavy atom. The van der Waals surface area contributed by atoms with Crippen LogP contribution in [0, 0.1) is 0 Å². The fourth-order valence-corrected chi connectivity index (χ4v) is 36.1. The normalized spacial score (nSPS) is 17.0. The molecule has 1 N–H and O–H groups in total. The molecule has 0 bridgehead atoms. The second-order valence-electron chi connectivity index (χ2n) is 35.4. The van der Waals surface area contributed by atoms with E-state index in [0.717, 1.165) is 58.3 Å². The molecule has 0 spiro atoms. The van der Waals surface area contributed by atoms with Crippen LogP contribution in [-0.4, -0.2) is 135 Å². The Morgan fingerprint density at radius 1 is 0.421 bits per heavy atom. The summed E-state index contributed by atoms with van der Waals surface area (Å²) in [4.78, 5) is 31.9. The highest BCUT2D eigenvalue weighted by Gasteiger charge is 2.51.